The van der Waals surface area contributed by atoms with E-state index in [0.29, 0.717) is 6.42 Å². The van der Waals surface area contributed by atoms with Gasteiger partial charge in [0.25, 0.3) is 0 Å². The van der Waals surface area contributed by atoms with Crippen molar-refractivity contribution in [3.63, 3.8) is 0 Å². The quantitative estimate of drug-likeness (QED) is 0.729. The van der Waals surface area contributed by atoms with Crippen molar-refractivity contribution >= 4 is 34.9 Å². The molecule has 0 aliphatic rings. The van der Waals surface area contributed by atoms with Crippen molar-refractivity contribution in [1.82, 2.24) is 10.3 Å². The van der Waals surface area contributed by atoms with E-state index in [4.69, 9.17) is 0 Å². The second kappa shape index (κ2) is 7.03. The van der Waals surface area contributed by atoms with Crippen LogP contribution in [0.4, 0.5) is 5.69 Å². The molecule has 0 bridgehead atoms. The lowest BCUT2D eigenvalue weighted by molar-refractivity contribution is -0.116. The molecule has 0 atom stereocenters. The van der Waals surface area contributed by atoms with E-state index in [1.807, 2.05) is 37.5 Å². The Hall–Kier alpha value is -1.52. The number of aromatic amines is 1. The highest BCUT2D eigenvalue weighted by atomic mass is 35.5. The summed E-state index contributed by atoms with van der Waals surface area (Å²) < 4.78 is 0. The Kier molecular flexibility index (Phi) is 5.68. The van der Waals surface area contributed by atoms with E-state index >= 15 is 0 Å². The number of H-pyrrole nitrogens is 1. The first-order valence-electron chi connectivity index (χ1n) is 5.81. The lowest BCUT2D eigenvalue weighted by Crippen LogP contribution is -2.15. The summed E-state index contributed by atoms with van der Waals surface area (Å²) in [4.78, 5) is 14.7. The molecule has 1 aromatic carbocycles. The number of carbonyl (C=O) groups is 1. The second-order valence-electron chi connectivity index (χ2n) is 4.03. The van der Waals surface area contributed by atoms with E-state index in [1.54, 1.807) is 0 Å². The maximum Gasteiger partial charge on any atom is 0.224 e. The summed E-state index contributed by atoms with van der Waals surface area (Å²) in [5.74, 6) is 0.0649. The van der Waals surface area contributed by atoms with Crippen molar-refractivity contribution in [3.05, 3.63) is 30.5 Å². The molecule has 0 fully saturated rings. The number of hydrogen-bond acceptors (Lipinski definition) is 2. The third-order valence-corrected chi connectivity index (χ3v) is 2.67. The number of halogens is 1. The Balaban J connectivity index is 0.00000162. The van der Waals surface area contributed by atoms with E-state index in [1.165, 1.54) is 0 Å². The second-order valence-corrected chi connectivity index (χ2v) is 4.03. The van der Waals surface area contributed by atoms with E-state index in [9.17, 15) is 4.79 Å². The Bertz CT molecular complexity index is 510. The molecule has 1 aromatic heterocycles. The summed E-state index contributed by atoms with van der Waals surface area (Å²) >= 11 is 0. The largest absolute Gasteiger partial charge is 0.361 e. The molecule has 2 rings (SSSR count). The van der Waals surface area contributed by atoms with Gasteiger partial charge in [-0.15, -0.1) is 12.4 Å². The van der Waals surface area contributed by atoms with Crippen molar-refractivity contribution in [1.29, 1.82) is 0 Å². The van der Waals surface area contributed by atoms with E-state index in [0.717, 1.165) is 29.6 Å². The zero-order valence-electron chi connectivity index (χ0n) is 10.3. The summed E-state index contributed by atoms with van der Waals surface area (Å²) in [5.41, 5.74) is 1.93. The van der Waals surface area contributed by atoms with Gasteiger partial charge in [-0.25, -0.2) is 0 Å². The number of aromatic nitrogens is 1. The fourth-order valence-electron chi connectivity index (χ4n) is 1.78. The fraction of sp³-hybridized carbons (Fsp3) is 0.308. The van der Waals surface area contributed by atoms with Crippen LogP contribution in [0.25, 0.3) is 10.9 Å². The predicted octanol–water partition coefficient (Wildman–Crippen LogP) is 2.53. The van der Waals surface area contributed by atoms with Gasteiger partial charge in [0.05, 0.1) is 0 Å². The lowest BCUT2D eigenvalue weighted by atomic mass is 10.2. The monoisotopic (exact) mass is 267 g/mol. The molecule has 1 amide bonds. The number of nitrogens with one attached hydrogen (secondary N) is 3. The zero-order valence-corrected chi connectivity index (χ0v) is 11.1. The van der Waals surface area contributed by atoms with Crippen LogP contribution in [0.2, 0.25) is 0 Å². The van der Waals surface area contributed by atoms with Gasteiger partial charge < -0.3 is 15.6 Å². The van der Waals surface area contributed by atoms with Gasteiger partial charge in [-0.3, -0.25) is 4.79 Å². The summed E-state index contributed by atoms with van der Waals surface area (Å²) in [6.07, 6.45) is 3.30. The van der Waals surface area contributed by atoms with Crippen LogP contribution in [-0.4, -0.2) is 24.5 Å². The Morgan fingerprint density at radius 1 is 1.33 bits per heavy atom. The van der Waals surface area contributed by atoms with Crippen molar-refractivity contribution < 1.29 is 4.79 Å². The highest BCUT2D eigenvalue weighted by Crippen LogP contribution is 2.17. The van der Waals surface area contributed by atoms with E-state index in [-0.39, 0.29) is 18.3 Å². The average Bonchev–Trinajstić information content (AvgIpc) is 2.76. The molecular weight excluding hydrogens is 250 g/mol. The number of rotatable bonds is 5. The minimum atomic E-state index is 0. The summed E-state index contributed by atoms with van der Waals surface area (Å²) in [7, 11) is 1.89. The van der Waals surface area contributed by atoms with E-state index < -0.39 is 0 Å². The molecular formula is C13H18ClN3O. The van der Waals surface area contributed by atoms with Gasteiger partial charge in [-0.1, -0.05) is 0 Å². The van der Waals surface area contributed by atoms with Gasteiger partial charge in [0.1, 0.15) is 0 Å². The van der Waals surface area contributed by atoms with Gasteiger partial charge in [0.2, 0.25) is 5.91 Å². The number of benzene rings is 1. The Labute approximate surface area is 113 Å². The number of anilines is 1. The smallest absolute Gasteiger partial charge is 0.224 e. The molecule has 0 saturated heterocycles. The van der Waals surface area contributed by atoms with Crippen LogP contribution in [0.15, 0.2) is 30.5 Å². The molecule has 0 aliphatic heterocycles. The first kappa shape index (κ1) is 14.5. The minimum absolute atomic E-state index is 0. The standard InChI is InChI=1S/C13H17N3O.ClH/c1-14-7-2-3-13(17)16-11-4-5-12-10(9-11)6-8-15-12;/h4-6,8-9,14-15H,2-3,7H2,1H3,(H,16,17);1H. The number of fused-ring (bicyclic) bond motifs is 1. The van der Waals surface area contributed by atoms with Crippen LogP contribution in [-0.2, 0) is 4.79 Å². The van der Waals surface area contributed by atoms with Crippen molar-refractivity contribution in [3.8, 4) is 0 Å². The molecule has 4 nitrogen and oxygen atoms in total. The van der Waals surface area contributed by atoms with Gasteiger partial charge in [0, 0.05) is 29.2 Å². The molecule has 0 spiro atoms. The topological polar surface area (TPSA) is 56.9 Å². The van der Waals surface area contributed by atoms with Crippen LogP contribution in [0, 0.1) is 0 Å². The highest BCUT2D eigenvalue weighted by Gasteiger charge is 2.02. The SMILES string of the molecule is CNCCCC(=O)Nc1ccc2[nH]ccc2c1.Cl. The van der Waals surface area contributed by atoms with E-state index in [2.05, 4.69) is 15.6 Å². The number of amides is 1. The number of hydrogen-bond donors (Lipinski definition) is 3. The van der Waals surface area contributed by atoms with Crippen LogP contribution >= 0.6 is 12.4 Å². The molecule has 0 radical (unpaired) electrons. The summed E-state index contributed by atoms with van der Waals surface area (Å²) in [6, 6.07) is 7.85. The van der Waals surface area contributed by atoms with Gasteiger partial charge in [0.15, 0.2) is 0 Å². The van der Waals surface area contributed by atoms with Crippen LogP contribution in [0.3, 0.4) is 0 Å². The van der Waals surface area contributed by atoms with Crippen LogP contribution in [0.1, 0.15) is 12.8 Å². The number of carbonyl (C=O) groups excluding carboxylic acids is 1. The van der Waals surface area contributed by atoms with Crippen LogP contribution in [0.5, 0.6) is 0 Å². The van der Waals surface area contributed by atoms with Gasteiger partial charge in [-0.05, 0) is 44.3 Å². The molecule has 18 heavy (non-hydrogen) atoms. The van der Waals surface area contributed by atoms with Crippen molar-refractivity contribution in [2.45, 2.75) is 12.8 Å². The molecule has 0 unspecified atom stereocenters. The van der Waals surface area contributed by atoms with Gasteiger partial charge >= 0.3 is 0 Å². The van der Waals surface area contributed by atoms with Crippen molar-refractivity contribution in [2.75, 3.05) is 18.9 Å². The predicted molar refractivity (Wildman–Crippen MR) is 77.3 cm³/mol. The highest BCUT2D eigenvalue weighted by molar-refractivity contribution is 5.93. The molecule has 0 aliphatic carbocycles. The molecule has 0 saturated carbocycles. The zero-order chi connectivity index (χ0) is 12.1. The van der Waals surface area contributed by atoms with Gasteiger partial charge in [-0.2, -0.15) is 0 Å². The summed E-state index contributed by atoms with van der Waals surface area (Å²) in [6.45, 7) is 0.865. The Morgan fingerprint density at radius 2 is 2.17 bits per heavy atom. The normalized spacial score (nSPS) is 10.1. The lowest BCUT2D eigenvalue weighted by Gasteiger charge is -2.05. The van der Waals surface area contributed by atoms with Crippen LogP contribution < -0.4 is 10.6 Å². The molecule has 5 heteroatoms. The maximum atomic E-state index is 11.6. The molecule has 2 aromatic rings. The first-order valence-corrected chi connectivity index (χ1v) is 5.81. The third kappa shape index (κ3) is 3.75. The molecule has 1 heterocycles. The molecule has 98 valence electrons. The molecule has 3 N–H and O–H groups in total. The first-order chi connectivity index (χ1) is 8.29. The van der Waals surface area contributed by atoms with Crippen molar-refractivity contribution in [2.24, 2.45) is 0 Å². The maximum absolute atomic E-state index is 11.6. The fourth-order valence-corrected chi connectivity index (χ4v) is 1.78. The average molecular weight is 268 g/mol. The third-order valence-electron chi connectivity index (χ3n) is 2.67. The minimum Gasteiger partial charge on any atom is -0.361 e. The Morgan fingerprint density at radius 3 is 2.94 bits per heavy atom. The summed E-state index contributed by atoms with van der Waals surface area (Å²) in [5, 5.41) is 7.03.